The van der Waals surface area contributed by atoms with Gasteiger partial charge in [0.05, 0.1) is 24.2 Å². The number of amides is 1. The predicted molar refractivity (Wildman–Crippen MR) is 117 cm³/mol. The van der Waals surface area contributed by atoms with Gasteiger partial charge in [0.15, 0.2) is 15.9 Å². The van der Waals surface area contributed by atoms with Gasteiger partial charge in [-0.1, -0.05) is 30.3 Å². The first-order chi connectivity index (χ1) is 14.8. The highest BCUT2D eigenvalue weighted by atomic mass is 32.2. The van der Waals surface area contributed by atoms with Crippen LogP contribution in [0.25, 0.3) is 21.7 Å². The van der Waals surface area contributed by atoms with Crippen molar-refractivity contribution in [2.45, 2.75) is 38.8 Å². The van der Waals surface area contributed by atoms with Gasteiger partial charge in [0.25, 0.3) is 5.91 Å². The zero-order chi connectivity index (χ0) is 22.2. The van der Waals surface area contributed by atoms with Gasteiger partial charge in [-0.25, -0.2) is 8.42 Å². The molecule has 2 atom stereocenters. The van der Waals surface area contributed by atoms with Crippen molar-refractivity contribution in [3.8, 4) is 0 Å². The molecular formula is C23H25NO6S. The van der Waals surface area contributed by atoms with Crippen molar-refractivity contribution >= 4 is 43.5 Å². The lowest BCUT2D eigenvalue weighted by molar-refractivity contribution is -0.159. The van der Waals surface area contributed by atoms with Crippen molar-refractivity contribution in [2.24, 2.45) is 0 Å². The largest absolute Gasteiger partial charge is 0.464 e. The van der Waals surface area contributed by atoms with Gasteiger partial charge in [-0.05, 0) is 37.1 Å². The second-order valence-electron chi connectivity index (χ2n) is 7.91. The first-order valence-corrected chi connectivity index (χ1v) is 12.2. The molecular weight excluding hydrogens is 418 g/mol. The standard InChI is InChI=1S/C23H25NO6S/c1-3-24(18-10-11-31(27,28)14-18)23(26)15(2)30-21(25)12-17-13-29-20-9-8-16-6-4-5-7-19(16)22(17)20/h4-9,13,15,18H,3,10-12,14H2,1-2H3. The lowest BCUT2D eigenvalue weighted by Gasteiger charge is -2.29. The predicted octanol–water partition coefficient (Wildman–Crippen LogP) is 3.10. The van der Waals surface area contributed by atoms with Gasteiger partial charge in [0.2, 0.25) is 0 Å². The highest BCUT2D eigenvalue weighted by Crippen LogP contribution is 2.30. The fourth-order valence-electron chi connectivity index (χ4n) is 4.30. The molecule has 4 rings (SSSR count). The molecule has 1 aliphatic heterocycles. The van der Waals surface area contributed by atoms with Gasteiger partial charge < -0.3 is 14.1 Å². The van der Waals surface area contributed by atoms with Crippen molar-refractivity contribution in [1.82, 2.24) is 4.90 Å². The average molecular weight is 444 g/mol. The molecule has 1 aliphatic rings. The number of fused-ring (bicyclic) bond motifs is 3. The van der Waals surface area contributed by atoms with Gasteiger partial charge in [-0.3, -0.25) is 9.59 Å². The van der Waals surface area contributed by atoms with Crippen LogP contribution in [0, 0.1) is 0 Å². The maximum Gasteiger partial charge on any atom is 0.311 e. The third-order valence-corrected chi connectivity index (χ3v) is 7.55. The Hall–Kier alpha value is -2.87. The maximum atomic E-state index is 12.8. The Morgan fingerprint density at radius 1 is 1.23 bits per heavy atom. The quantitative estimate of drug-likeness (QED) is 0.544. The van der Waals surface area contributed by atoms with E-state index < -0.39 is 21.9 Å². The van der Waals surface area contributed by atoms with Crippen molar-refractivity contribution in [1.29, 1.82) is 0 Å². The number of ether oxygens (including phenoxy) is 1. The number of esters is 1. The van der Waals surface area contributed by atoms with Gasteiger partial charge in [0, 0.05) is 23.5 Å². The smallest absolute Gasteiger partial charge is 0.311 e. The summed E-state index contributed by atoms with van der Waals surface area (Å²) in [6.45, 7) is 3.68. The molecule has 1 amide bonds. The Morgan fingerprint density at radius 2 is 2.00 bits per heavy atom. The SMILES string of the molecule is CCN(C(=O)C(C)OC(=O)Cc1coc2ccc3ccccc3c12)C1CCS(=O)(=O)C1. The van der Waals surface area contributed by atoms with Crippen LogP contribution in [0.5, 0.6) is 0 Å². The van der Waals surface area contributed by atoms with Crippen LogP contribution in [-0.4, -0.2) is 55.4 Å². The molecule has 0 aliphatic carbocycles. The number of carbonyl (C=O) groups is 2. The summed E-state index contributed by atoms with van der Waals surface area (Å²) >= 11 is 0. The fraction of sp³-hybridized carbons (Fsp3) is 0.391. The van der Waals surface area contributed by atoms with Gasteiger partial charge >= 0.3 is 5.97 Å². The zero-order valence-electron chi connectivity index (χ0n) is 17.5. The number of likely N-dealkylation sites (N-methyl/N-ethyl adjacent to an activating group) is 1. The molecule has 1 fully saturated rings. The maximum absolute atomic E-state index is 12.8. The fourth-order valence-corrected chi connectivity index (χ4v) is 6.03. The van der Waals surface area contributed by atoms with Crippen LogP contribution in [0.2, 0.25) is 0 Å². The Morgan fingerprint density at radius 3 is 2.71 bits per heavy atom. The summed E-state index contributed by atoms with van der Waals surface area (Å²) in [5.41, 5.74) is 1.39. The van der Waals surface area contributed by atoms with Crippen LogP contribution in [0.4, 0.5) is 0 Å². The van der Waals surface area contributed by atoms with E-state index in [-0.39, 0.29) is 29.9 Å². The molecule has 0 N–H and O–H groups in total. The summed E-state index contributed by atoms with van der Waals surface area (Å²) in [6.07, 6.45) is 0.942. The van der Waals surface area contributed by atoms with Crippen LogP contribution in [0.3, 0.4) is 0 Å². The highest BCUT2D eigenvalue weighted by Gasteiger charge is 2.36. The molecule has 31 heavy (non-hydrogen) atoms. The van der Waals surface area contributed by atoms with Crippen LogP contribution in [0.15, 0.2) is 47.1 Å². The van der Waals surface area contributed by atoms with Gasteiger partial charge in [-0.2, -0.15) is 0 Å². The van der Waals surface area contributed by atoms with Crippen LogP contribution in [-0.2, 0) is 30.6 Å². The number of nitrogens with zero attached hydrogens (tertiary/aromatic N) is 1. The Kier molecular flexibility index (Phi) is 5.75. The number of sulfone groups is 1. The molecule has 7 nitrogen and oxygen atoms in total. The van der Waals surface area contributed by atoms with Gasteiger partial charge in [0.1, 0.15) is 5.58 Å². The normalized spacial score (nSPS) is 18.8. The van der Waals surface area contributed by atoms with Crippen molar-refractivity contribution in [3.63, 3.8) is 0 Å². The van der Waals surface area contributed by atoms with Crippen LogP contribution in [0.1, 0.15) is 25.8 Å². The summed E-state index contributed by atoms with van der Waals surface area (Å²) in [6, 6.07) is 11.3. The minimum absolute atomic E-state index is 0.0252. The van der Waals surface area contributed by atoms with Crippen LogP contribution >= 0.6 is 0 Å². The lowest BCUT2D eigenvalue weighted by Crippen LogP contribution is -2.46. The molecule has 3 aromatic rings. The van der Waals surface area contributed by atoms with E-state index in [1.165, 1.54) is 11.8 Å². The molecule has 0 bridgehead atoms. The Labute approximate surface area is 180 Å². The van der Waals surface area contributed by atoms with E-state index >= 15 is 0 Å². The summed E-state index contributed by atoms with van der Waals surface area (Å²) < 4.78 is 34.6. The van der Waals surface area contributed by atoms with E-state index in [2.05, 4.69) is 0 Å². The molecule has 0 spiro atoms. The van der Waals surface area contributed by atoms with Crippen LogP contribution < -0.4 is 0 Å². The van der Waals surface area contributed by atoms with E-state index in [0.29, 0.717) is 24.1 Å². The average Bonchev–Trinajstić information content (AvgIpc) is 3.31. The second kappa shape index (κ2) is 8.34. The lowest BCUT2D eigenvalue weighted by atomic mass is 10.0. The molecule has 2 aromatic carbocycles. The first-order valence-electron chi connectivity index (χ1n) is 10.4. The third-order valence-electron chi connectivity index (χ3n) is 5.80. The van der Waals surface area contributed by atoms with E-state index in [4.69, 9.17) is 9.15 Å². The van der Waals surface area contributed by atoms with Crippen molar-refractivity contribution in [3.05, 3.63) is 48.2 Å². The molecule has 2 heterocycles. The molecule has 2 unspecified atom stereocenters. The minimum atomic E-state index is -3.12. The van der Waals surface area contributed by atoms with E-state index in [1.807, 2.05) is 36.4 Å². The summed E-state index contributed by atoms with van der Waals surface area (Å²) in [4.78, 5) is 26.9. The molecule has 1 saturated heterocycles. The van der Waals surface area contributed by atoms with E-state index in [0.717, 1.165) is 16.2 Å². The number of carbonyl (C=O) groups excluding carboxylic acids is 2. The number of furan rings is 1. The summed E-state index contributed by atoms with van der Waals surface area (Å²) in [5.74, 6) is -0.870. The van der Waals surface area contributed by atoms with E-state index in [9.17, 15) is 18.0 Å². The minimum Gasteiger partial charge on any atom is -0.464 e. The number of benzene rings is 2. The Bertz CT molecular complexity index is 1250. The molecule has 8 heteroatoms. The molecule has 0 radical (unpaired) electrons. The van der Waals surface area contributed by atoms with E-state index in [1.54, 1.807) is 13.2 Å². The number of hydrogen-bond acceptors (Lipinski definition) is 6. The molecule has 0 saturated carbocycles. The number of rotatable bonds is 6. The second-order valence-corrected chi connectivity index (χ2v) is 10.1. The van der Waals surface area contributed by atoms with Gasteiger partial charge in [-0.15, -0.1) is 0 Å². The molecule has 164 valence electrons. The monoisotopic (exact) mass is 443 g/mol. The third kappa shape index (κ3) is 4.30. The molecule has 1 aromatic heterocycles. The zero-order valence-corrected chi connectivity index (χ0v) is 18.4. The topological polar surface area (TPSA) is 93.9 Å². The van der Waals surface area contributed by atoms with Crippen molar-refractivity contribution < 1.29 is 27.2 Å². The Balaban J connectivity index is 1.47. The summed E-state index contributed by atoms with van der Waals surface area (Å²) in [7, 11) is -3.12. The highest BCUT2D eigenvalue weighted by molar-refractivity contribution is 7.91. The van der Waals surface area contributed by atoms with Crippen molar-refractivity contribution in [2.75, 3.05) is 18.1 Å². The summed E-state index contributed by atoms with van der Waals surface area (Å²) in [5, 5.41) is 2.89. The number of hydrogen-bond donors (Lipinski definition) is 0. The first kappa shape index (κ1) is 21.4.